The predicted molar refractivity (Wildman–Crippen MR) is 69.4 cm³/mol. The highest BCUT2D eigenvalue weighted by Crippen LogP contribution is 2.17. The van der Waals surface area contributed by atoms with Crippen molar-refractivity contribution in [1.82, 2.24) is 4.98 Å². The number of carbonyl (C=O) groups excluding carboxylic acids is 1. The predicted octanol–water partition coefficient (Wildman–Crippen LogP) is 3.53. The van der Waals surface area contributed by atoms with E-state index >= 15 is 0 Å². The molecule has 1 heterocycles. The minimum Gasteiger partial charge on any atom is -0.310 e. The third-order valence-corrected chi connectivity index (χ3v) is 3.47. The van der Waals surface area contributed by atoms with Crippen LogP contribution in [-0.4, -0.2) is 10.9 Å². The molecule has 1 rings (SSSR count). The molecule has 1 aromatic rings. The average molecular weight is 285 g/mol. The van der Waals surface area contributed by atoms with E-state index in [0.717, 1.165) is 23.0 Å². The molecule has 1 aromatic heterocycles. The Hall–Kier alpha value is -0.900. The molecule has 0 aliphatic rings. The Morgan fingerprint density at radius 3 is 2.56 bits per heavy atom. The van der Waals surface area contributed by atoms with E-state index < -0.39 is 0 Å². The van der Waals surface area contributed by atoms with Crippen molar-refractivity contribution in [2.75, 3.05) is 5.32 Å². The molecule has 0 aliphatic carbocycles. The summed E-state index contributed by atoms with van der Waals surface area (Å²) in [5, 5.41) is 2.84. The second-order valence-corrected chi connectivity index (χ2v) is 4.62. The number of rotatable bonds is 4. The summed E-state index contributed by atoms with van der Waals surface area (Å²) >= 11 is 3.38. The molecule has 1 N–H and O–H groups in total. The van der Waals surface area contributed by atoms with Crippen LogP contribution >= 0.6 is 15.9 Å². The van der Waals surface area contributed by atoms with E-state index in [1.807, 2.05) is 26.8 Å². The zero-order valence-corrected chi connectivity index (χ0v) is 11.5. The first-order chi connectivity index (χ1) is 7.58. The van der Waals surface area contributed by atoms with Gasteiger partial charge in [0.25, 0.3) is 0 Å². The number of carbonyl (C=O) groups is 1. The Morgan fingerprint density at radius 1 is 1.44 bits per heavy atom. The number of pyridine rings is 1. The van der Waals surface area contributed by atoms with Crippen LogP contribution < -0.4 is 5.32 Å². The highest BCUT2D eigenvalue weighted by molar-refractivity contribution is 9.10. The van der Waals surface area contributed by atoms with Gasteiger partial charge in [0.05, 0.1) is 5.69 Å². The molecule has 0 saturated carbocycles. The van der Waals surface area contributed by atoms with Gasteiger partial charge in [0, 0.05) is 10.4 Å². The van der Waals surface area contributed by atoms with E-state index in [0.29, 0.717) is 5.82 Å². The van der Waals surface area contributed by atoms with E-state index in [1.165, 1.54) is 0 Å². The summed E-state index contributed by atoms with van der Waals surface area (Å²) in [7, 11) is 0. The van der Waals surface area contributed by atoms with E-state index in [1.54, 1.807) is 6.07 Å². The standard InChI is InChI=1S/C12H17BrN2O/c1-4-9(5-2)12(16)15-11-7-6-10(13)8(3)14-11/h6-7,9H,4-5H2,1-3H3,(H,14,15,16). The largest absolute Gasteiger partial charge is 0.310 e. The van der Waals surface area contributed by atoms with Gasteiger partial charge in [0.1, 0.15) is 5.82 Å². The first-order valence-corrected chi connectivity index (χ1v) is 6.31. The van der Waals surface area contributed by atoms with Gasteiger partial charge in [-0.05, 0) is 47.8 Å². The van der Waals surface area contributed by atoms with Crippen molar-refractivity contribution >= 4 is 27.7 Å². The van der Waals surface area contributed by atoms with Crippen LogP contribution in [0.25, 0.3) is 0 Å². The topological polar surface area (TPSA) is 42.0 Å². The Bertz CT molecular complexity index is 375. The van der Waals surface area contributed by atoms with Gasteiger partial charge in [-0.25, -0.2) is 4.98 Å². The van der Waals surface area contributed by atoms with Gasteiger partial charge >= 0.3 is 0 Å². The van der Waals surface area contributed by atoms with Crippen molar-refractivity contribution in [2.45, 2.75) is 33.6 Å². The number of anilines is 1. The summed E-state index contributed by atoms with van der Waals surface area (Å²) in [6.45, 7) is 5.94. The summed E-state index contributed by atoms with van der Waals surface area (Å²) in [6, 6.07) is 3.70. The Labute approximate surface area is 105 Å². The van der Waals surface area contributed by atoms with Crippen LogP contribution in [0.2, 0.25) is 0 Å². The maximum atomic E-state index is 11.8. The summed E-state index contributed by atoms with van der Waals surface area (Å²) in [5.74, 6) is 0.752. The molecule has 0 saturated heterocycles. The van der Waals surface area contributed by atoms with Crippen molar-refractivity contribution in [3.63, 3.8) is 0 Å². The molecule has 16 heavy (non-hydrogen) atoms. The summed E-state index contributed by atoms with van der Waals surface area (Å²) in [6.07, 6.45) is 1.72. The average Bonchev–Trinajstić information content (AvgIpc) is 2.25. The number of nitrogens with one attached hydrogen (secondary N) is 1. The summed E-state index contributed by atoms with van der Waals surface area (Å²) in [5.41, 5.74) is 0.877. The maximum Gasteiger partial charge on any atom is 0.228 e. The lowest BCUT2D eigenvalue weighted by atomic mass is 10.0. The monoisotopic (exact) mass is 284 g/mol. The second kappa shape index (κ2) is 5.99. The van der Waals surface area contributed by atoms with Crippen LogP contribution in [0.3, 0.4) is 0 Å². The van der Waals surface area contributed by atoms with Crippen molar-refractivity contribution < 1.29 is 4.79 Å². The fourth-order valence-corrected chi connectivity index (χ4v) is 1.72. The van der Waals surface area contributed by atoms with Gasteiger partial charge in [-0.15, -0.1) is 0 Å². The lowest BCUT2D eigenvalue weighted by Crippen LogP contribution is -2.22. The lowest BCUT2D eigenvalue weighted by Gasteiger charge is -2.12. The minimum atomic E-state index is 0.0548. The molecule has 0 fully saturated rings. The van der Waals surface area contributed by atoms with Gasteiger partial charge < -0.3 is 5.32 Å². The highest BCUT2D eigenvalue weighted by atomic mass is 79.9. The van der Waals surface area contributed by atoms with Gasteiger partial charge in [-0.2, -0.15) is 0 Å². The van der Waals surface area contributed by atoms with Crippen LogP contribution in [-0.2, 0) is 4.79 Å². The molecular formula is C12H17BrN2O. The SMILES string of the molecule is CCC(CC)C(=O)Nc1ccc(Br)c(C)n1. The highest BCUT2D eigenvalue weighted by Gasteiger charge is 2.14. The third kappa shape index (κ3) is 3.30. The number of hydrogen-bond donors (Lipinski definition) is 1. The normalized spacial score (nSPS) is 10.6. The van der Waals surface area contributed by atoms with E-state index in [-0.39, 0.29) is 11.8 Å². The molecule has 0 unspecified atom stereocenters. The molecule has 88 valence electrons. The Balaban J connectivity index is 2.73. The molecule has 0 aliphatic heterocycles. The van der Waals surface area contributed by atoms with Crippen molar-refractivity contribution in [3.05, 3.63) is 22.3 Å². The maximum absolute atomic E-state index is 11.8. The molecule has 3 nitrogen and oxygen atoms in total. The van der Waals surface area contributed by atoms with Gasteiger partial charge in [-0.1, -0.05) is 13.8 Å². The third-order valence-electron chi connectivity index (χ3n) is 2.63. The van der Waals surface area contributed by atoms with Crippen LogP contribution in [0.1, 0.15) is 32.4 Å². The first-order valence-electron chi connectivity index (χ1n) is 5.52. The van der Waals surface area contributed by atoms with Crippen molar-refractivity contribution in [3.8, 4) is 0 Å². The van der Waals surface area contributed by atoms with Crippen LogP contribution in [0.5, 0.6) is 0 Å². The Kier molecular flexibility index (Phi) is 4.93. The van der Waals surface area contributed by atoms with Gasteiger partial charge in [-0.3, -0.25) is 4.79 Å². The van der Waals surface area contributed by atoms with Gasteiger partial charge in [0.2, 0.25) is 5.91 Å². The summed E-state index contributed by atoms with van der Waals surface area (Å²) < 4.78 is 0.952. The number of aromatic nitrogens is 1. The quantitative estimate of drug-likeness (QED) is 0.919. The second-order valence-electron chi connectivity index (χ2n) is 3.77. The number of nitrogens with zero attached hydrogens (tertiary/aromatic N) is 1. The van der Waals surface area contributed by atoms with Crippen molar-refractivity contribution in [1.29, 1.82) is 0 Å². The lowest BCUT2D eigenvalue weighted by molar-refractivity contribution is -0.120. The van der Waals surface area contributed by atoms with Crippen LogP contribution in [0, 0.1) is 12.8 Å². The number of amides is 1. The van der Waals surface area contributed by atoms with Gasteiger partial charge in [0.15, 0.2) is 0 Å². The fraction of sp³-hybridized carbons (Fsp3) is 0.500. The fourth-order valence-electron chi connectivity index (χ4n) is 1.50. The smallest absolute Gasteiger partial charge is 0.228 e. The summed E-state index contributed by atoms with van der Waals surface area (Å²) in [4.78, 5) is 16.1. The first kappa shape index (κ1) is 13.2. The molecule has 0 aromatic carbocycles. The van der Waals surface area contributed by atoms with Crippen LogP contribution in [0.4, 0.5) is 5.82 Å². The van der Waals surface area contributed by atoms with Crippen LogP contribution in [0.15, 0.2) is 16.6 Å². The zero-order chi connectivity index (χ0) is 12.1. The van der Waals surface area contributed by atoms with E-state index in [2.05, 4.69) is 26.2 Å². The number of halogens is 1. The molecule has 0 radical (unpaired) electrons. The molecule has 0 atom stereocenters. The van der Waals surface area contributed by atoms with E-state index in [9.17, 15) is 4.79 Å². The zero-order valence-electron chi connectivity index (χ0n) is 9.88. The number of hydrogen-bond acceptors (Lipinski definition) is 2. The molecular weight excluding hydrogens is 268 g/mol. The molecule has 4 heteroatoms. The molecule has 0 spiro atoms. The minimum absolute atomic E-state index is 0.0548. The Morgan fingerprint density at radius 2 is 2.06 bits per heavy atom. The number of aryl methyl sites for hydroxylation is 1. The van der Waals surface area contributed by atoms with E-state index in [4.69, 9.17) is 0 Å². The molecule has 1 amide bonds. The van der Waals surface area contributed by atoms with Crippen molar-refractivity contribution in [2.24, 2.45) is 5.92 Å². The molecule has 0 bridgehead atoms.